The van der Waals surface area contributed by atoms with Crippen molar-refractivity contribution in [2.24, 2.45) is 29.1 Å². The van der Waals surface area contributed by atoms with E-state index in [-0.39, 0.29) is 36.2 Å². The van der Waals surface area contributed by atoms with Crippen LogP contribution in [0.5, 0.6) is 0 Å². The zero-order valence-corrected chi connectivity index (χ0v) is 12.2. The van der Waals surface area contributed by atoms with E-state index in [1.54, 1.807) is 0 Å². The molecular formula is C15H22O6. The van der Waals surface area contributed by atoms with Crippen molar-refractivity contribution in [2.75, 3.05) is 6.61 Å². The van der Waals surface area contributed by atoms with Gasteiger partial charge in [-0.3, -0.25) is 4.79 Å². The molecular weight excluding hydrogens is 276 g/mol. The van der Waals surface area contributed by atoms with Crippen LogP contribution >= 0.6 is 0 Å². The van der Waals surface area contributed by atoms with Crippen LogP contribution in [0.3, 0.4) is 0 Å². The number of carbonyl (C=O) groups is 1. The summed E-state index contributed by atoms with van der Waals surface area (Å²) < 4.78 is 11.2. The topological polar surface area (TPSA) is 96.2 Å². The molecule has 6 nitrogen and oxygen atoms in total. The second-order valence-corrected chi connectivity index (χ2v) is 7.43. The molecule has 0 aromatic carbocycles. The van der Waals surface area contributed by atoms with E-state index in [4.69, 9.17) is 9.47 Å². The maximum atomic E-state index is 12.3. The van der Waals surface area contributed by atoms with Gasteiger partial charge in [0, 0.05) is 17.9 Å². The van der Waals surface area contributed by atoms with Crippen LogP contribution in [0, 0.1) is 29.1 Å². The second-order valence-electron chi connectivity index (χ2n) is 7.43. The second kappa shape index (κ2) is 3.98. The lowest BCUT2D eigenvalue weighted by atomic mass is 9.54. The van der Waals surface area contributed by atoms with Crippen molar-refractivity contribution in [1.29, 1.82) is 0 Å². The fourth-order valence-corrected chi connectivity index (χ4v) is 5.63. The fourth-order valence-electron chi connectivity index (χ4n) is 5.63. The molecule has 2 saturated heterocycles. The summed E-state index contributed by atoms with van der Waals surface area (Å²) in [6.07, 6.45) is -1.13. The Hall–Kier alpha value is -0.690. The van der Waals surface area contributed by atoms with E-state index < -0.39 is 29.5 Å². The largest absolute Gasteiger partial charge is 0.459 e. The summed E-state index contributed by atoms with van der Waals surface area (Å²) in [5, 5.41) is 30.6. The Morgan fingerprint density at radius 2 is 2.19 bits per heavy atom. The molecule has 9 atom stereocenters. The van der Waals surface area contributed by atoms with Crippen molar-refractivity contribution in [3.8, 4) is 0 Å². The average Bonchev–Trinajstić information content (AvgIpc) is 2.96. The van der Waals surface area contributed by atoms with Gasteiger partial charge in [-0.1, -0.05) is 13.8 Å². The highest BCUT2D eigenvalue weighted by molar-refractivity contribution is 5.77. The average molecular weight is 298 g/mol. The number of hydrogen-bond donors (Lipinski definition) is 3. The molecule has 6 heteroatoms. The number of aliphatic hydroxyl groups is 3. The number of aliphatic hydroxyl groups excluding tert-OH is 2. The minimum Gasteiger partial charge on any atom is -0.459 e. The molecule has 0 unspecified atom stereocenters. The van der Waals surface area contributed by atoms with Crippen LogP contribution in [0.15, 0.2) is 0 Å². The van der Waals surface area contributed by atoms with E-state index >= 15 is 0 Å². The lowest BCUT2D eigenvalue weighted by molar-refractivity contribution is -0.185. The van der Waals surface area contributed by atoms with E-state index in [1.807, 2.05) is 13.8 Å². The highest BCUT2D eigenvalue weighted by Gasteiger charge is 2.79. The van der Waals surface area contributed by atoms with Gasteiger partial charge in [0.05, 0.1) is 5.92 Å². The zero-order valence-electron chi connectivity index (χ0n) is 12.2. The van der Waals surface area contributed by atoms with Gasteiger partial charge in [-0.05, 0) is 24.7 Å². The Labute approximate surface area is 123 Å². The van der Waals surface area contributed by atoms with E-state index in [0.717, 1.165) is 0 Å². The first-order chi connectivity index (χ1) is 9.86. The van der Waals surface area contributed by atoms with Crippen molar-refractivity contribution < 1.29 is 29.6 Å². The molecule has 21 heavy (non-hydrogen) atoms. The molecule has 4 rings (SSSR count). The van der Waals surface area contributed by atoms with Gasteiger partial charge in [0.25, 0.3) is 0 Å². The normalized spacial score (nSPS) is 59.0. The predicted octanol–water partition coefficient (Wildman–Crippen LogP) is -0.349. The number of ether oxygens (including phenoxy) is 2. The molecule has 2 bridgehead atoms. The first kappa shape index (κ1) is 13.9. The molecule has 0 aromatic heterocycles. The monoisotopic (exact) mass is 298 g/mol. The van der Waals surface area contributed by atoms with Crippen LogP contribution in [0.1, 0.15) is 26.7 Å². The van der Waals surface area contributed by atoms with Gasteiger partial charge in [-0.25, -0.2) is 0 Å². The van der Waals surface area contributed by atoms with Gasteiger partial charge in [0.15, 0.2) is 6.29 Å². The van der Waals surface area contributed by atoms with Crippen LogP contribution < -0.4 is 0 Å². The maximum absolute atomic E-state index is 12.3. The smallest absolute Gasteiger partial charge is 0.310 e. The summed E-state index contributed by atoms with van der Waals surface area (Å²) in [4.78, 5) is 12.3. The standard InChI is InChI=1S/C15H22O6/c1-6(5-16)8-9-7-3-4-15(19)13(18)21-11(14(7,15)2)10(8)20-12(9)17/h6-11,13,16,18-19H,3-5H2,1-2H3/t6-,7-,8-,9-,10-,11+,13+,14-,15-/m0/s1. The molecule has 0 aromatic rings. The van der Waals surface area contributed by atoms with Crippen molar-refractivity contribution in [3.05, 3.63) is 0 Å². The summed E-state index contributed by atoms with van der Waals surface area (Å²) in [5.41, 5.74) is -1.97. The van der Waals surface area contributed by atoms with E-state index in [0.29, 0.717) is 12.8 Å². The molecule has 118 valence electrons. The van der Waals surface area contributed by atoms with Gasteiger partial charge < -0.3 is 24.8 Å². The molecule has 2 aliphatic heterocycles. The van der Waals surface area contributed by atoms with Gasteiger partial charge in [-0.15, -0.1) is 0 Å². The zero-order chi connectivity index (χ0) is 15.2. The molecule has 2 saturated carbocycles. The van der Waals surface area contributed by atoms with Crippen LogP contribution in [-0.2, 0) is 14.3 Å². The number of esters is 1. The molecule has 0 spiro atoms. The van der Waals surface area contributed by atoms with Gasteiger partial charge in [0.2, 0.25) is 0 Å². The van der Waals surface area contributed by atoms with Gasteiger partial charge in [-0.2, -0.15) is 0 Å². The van der Waals surface area contributed by atoms with Crippen LogP contribution in [0.4, 0.5) is 0 Å². The Morgan fingerprint density at radius 1 is 1.48 bits per heavy atom. The highest BCUT2D eigenvalue weighted by Crippen LogP contribution is 2.68. The summed E-state index contributed by atoms with van der Waals surface area (Å²) in [6.45, 7) is 3.80. The molecule has 2 heterocycles. The third kappa shape index (κ3) is 1.32. The third-order valence-corrected chi connectivity index (χ3v) is 6.81. The molecule has 4 aliphatic rings. The minimum atomic E-state index is -1.31. The first-order valence-electron chi connectivity index (χ1n) is 7.73. The Bertz CT molecular complexity index is 495. The third-order valence-electron chi connectivity index (χ3n) is 6.81. The molecule has 0 radical (unpaired) electrons. The summed E-state index contributed by atoms with van der Waals surface area (Å²) in [6, 6.07) is 0. The summed E-state index contributed by atoms with van der Waals surface area (Å²) in [5.74, 6) is -0.825. The number of fused-ring (bicyclic) bond motifs is 4. The summed E-state index contributed by atoms with van der Waals surface area (Å²) in [7, 11) is 0. The van der Waals surface area contributed by atoms with Gasteiger partial charge in [0.1, 0.15) is 17.8 Å². The highest BCUT2D eigenvalue weighted by atomic mass is 16.7. The predicted molar refractivity (Wildman–Crippen MR) is 69.8 cm³/mol. The van der Waals surface area contributed by atoms with E-state index in [1.165, 1.54) is 0 Å². The lowest BCUT2D eigenvalue weighted by Gasteiger charge is -2.48. The number of carbonyl (C=O) groups excluding carboxylic acids is 1. The van der Waals surface area contributed by atoms with E-state index in [9.17, 15) is 20.1 Å². The molecule has 4 fully saturated rings. The van der Waals surface area contributed by atoms with Crippen LogP contribution in [0.2, 0.25) is 0 Å². The first-order valence-corrected chi connectivity index (χ1v) is 7.73. The Morgan fingerprint density at radius 3 is 2.86 bits per heavy atom. The Kier molecular flexibility index (Phi) is 2.64. The fraction of sp³-hybridized carbons (Fsp3) is 0.933. The molecule has 2 aliphatic carbocycles. The number of hydrogen-bond acceptors (Lipinski definition) is 6. The number of rotatable bonds is 2. The van der Waals surface area contributed by atoms with Crippen molar-refractivity contribution in [2.45, 2.75) is 50.8 Å². The van der Waals surface area contributed by atoms with Crippen LogP contribution in [-0.4, -0.2) is 52.0 Å². The Balaban J connectivity index is 1.84. The van der Waals surface area contributed by atoms with Crippen molar-refractivity contribution in [1.82, 2.24) is 0 Å². The lowest BCUT2D eigenvalue weighted by Crippen LogP contribution is -2.59. The SMILES string of the molecule is C[C@@H](CO)[C@@H]1[C@@H]2OC(=O)[C@H]1[C@@H]1CC[C@]3(O)[C@H](O)O[C@H]2[C@]13C. The quantitative estimate of drug-likeness (QED) is 0.603. The summed E-state index contributed by atoms with van der Waals surface area (Å²) >= 11 is 0. The van der Waals surface area contributed by atoms with Gasteiger partial charge >= 0.3 is 5.97 Å². The minimum absolute atomic E-state index is 0.0166. The maximum Gasteiger partial charge on any atom is 0.310 e. The molecule has 0 amide bonds. The van der Waals surface area contributed by atoms with Crippen molar-refractivity contribution in [3.63, 3.8) is 0 Å². The van der Waals surface area contributed by atoms with Crippen LogP contribution in [0.25, 0.3) is 0 Å². The van der Waals surface area contributed by atoms with Crippen molar-refractivity contribution >= 4 is 5.97 Å². The molecule has 3 N–H and O–H groups in total. The van der Waals surface area contributed by atoms with E-state index in [2.05, 4.69) is 0 Å².